The molecule has 0 radical (unpaired) electrons. The summed E-state index contributed by atoms with van der Waals surface area (Å²) in [6.45, 7) is 7.54. The van der Waals surface area contributed by atoms with E-state index in [1.54, 1.807) is 14.0 Å². The smallest absolute Gasteiger partial charge is 0.221 e. The number of nitrogens with zero attached hydrogens (tertiary/aromatic N) is 1. The minimum absolute atomic E-state index is 0.609. The number of benzene rings is 1. The Labute approximate surface area is 84.9 Å². The average Bonchev–Trinajstić information content (AvgIpc) is 2.15. The van der Waals surface area contributed by atoms with Crippen LogP contribution in [0.15, 0.2) is 41.6 Å². The van der Waals surface area contributed by atoms with E-state index in [0.717, 1.165) is 5.56 Å². The van der Waals surface area contributed by atoms with E-state index in [2.05, 4.69) is 11.6 Å². The van der Waals surface area contributed by atoms with E-state index in [4.69, 9.17) is 4.74 Å². The van der Waals surface area contributed by atoms with Gasteiger partial charge in [-0.15, -0.1) is 0 Å². The van der Waals surface area contributed by atoms with Gasteiger partial charge in [0.1, 0.15) is 0 Å². The molecule has 74 valence electrons. The first-order valence-electron chi connectivity index (χ1n) is 4.50. The van der Waals surface area contributed by atoms with Crippen LogP contribution in [-0.2, 0) is 4.74 Å². The minimum atomic E-state index is 0.609. The Bertz CT molecular complexity index is 349. The highest BCUT2D eigenvalue weighted by molar-refractivity contribution is 5.94. The van der Waals surface area contributed by atoms with E-state index in [-0.39, 0.29) is 0 Å². The summed E-state index contributed by atoms with van der Waals surface area (Å²) in [5, 5.41) is 0. The molecule has 2 heteroatoms. The van der Waals surface area contributed by atoms with Gasteiger partial charge in [-0.1, -0.05) is 24.3 Å². The molecular weight excluding hydrogens is 174 g/mol. The summed E-state index contributed by atoms with van der Waals surface area (Å²) in [5.41, 5.74) is 2.20. The number of ether oxygens (including phenoxy) is 1. The molecule has 0 heterocycles. The fraction of sp³-hybridized carbons (Fsp3) is 0.250. The summed E-state index contributed by atoms with van der Waals surface area (Å²) in [4.78, 5) is 4.06. The minimum Gasteiger partial charge on any atom is -0.444 e. The molecule has 0 bridgehead atoms. The lowest BCUT2D eigenvalue weighted by atomic mass is 10.1. The fourth-order valence-corrected chi connectivity index (χ4v) is 1.09. The normalized spacial score (nSPS) is 11.2. The van der Waals surface area contributed by atoms with Crippen molar-refractivity contribution < 1.29 is 4.74 Å². The van der Waals surface area contributed by atoms with Crippen molar-refractivity contribution in [1.29, 1.82) is 0 Å². The van der Waals surface area contributed by atoms with E-state index in [9.17, 15) is 0 Å². The molecule has 0 atom stereocenters. The summed E-state index contributed by atoms with van der Waals surface area (Å²) in [6.07, 6.45) is 0. The van der Waals surface area contributed by atoms with Crippen LogP contribution in [0, 0.1) is 6.92 Å². The molecule has 0 N–H and O–H groups in total. The number of aryl methyl sites for hydroxylation is 1. The van der Waals surface area contributed by atoms with Gasteiger partial charge in [0.15, 0.2) is 0 Å². The van der Waals surface area contributed by atoms with Crippen molar-refractivity contribution in [2.45, 2.75) is 13.8 Å². The molecule has 0 aliphatic heterocycles. The molecule has 0 amide bonds. The van der Waals surface area contributed by atoms with Gasteiger partial charge in [0, 0.05) is 12.6 Å². The monoisotopic (exact) mass is 189 g/mol. The zero-order valence-corrected chi connectivity index (χ0v) is 8.87. The van der Waals surface area contributed by atoms with Crippen LogP contribution in [0.3, 0.4) is 0 Å². The highest BCUT2D eigenvalue weighted by atomic mass is 16.5. The predicted octanol–water partition coefficient (Wildman–Crippen LogP) is 2.92. The quantitative estimate of drug-likeness (QED) is 0.398. The standard InChI is InChI=1S/C12H15NO/c1-9(2)14-12(13-4)11-7-5-10(3)6-8-11/h5-8H,1H2,2-4H3. The Morgan fingerprint density at radius 2 is 1.86 bits per heavy atom. The third-order valence-corrected chi connectivity index (χ3v) is 1.77. The molecule has 0 aliphatic carbocycles. The van der Waals surface area contributed by atoms with Crippen molar-refractivity contribution >= 4 is 5.90 Å². The molecule has 0 saturated carbocycles. The number of hydrogen-bond acceptors (Lipinski definition) is 2. The molecule has 14 heavy (non-hydrogen) atoms. The Morgan fingerprint density at radius 3 is 2.29 bits per heavy atom. The largest absolute Gasteiger partial charge is 0.444 e. The van der Waals surface area contributed by atoms with Crippen LogP contribution < -0.4 is 0 Å². The van der Waals surface area contributed by atoms with Gasteiger partial charge in [0.2, 0.25) is 5.90 Å². The Balaban J connectivity index is 2.91. The maximum atomic E-state index is 5.38. The van der Waals surface area contributed by atoms with Gasteiger partial charge < -0.3 is 4.74 Å². The number of aliphatic imine (C=N–C) groups is 1. The molecular formula is C12H15NO. The highest BCUT2D eigenvalue weighted by Gasteiger charge is 2.03. The molecule has 0 unspecified atom stereocenters. The van der Waals surface area contributed by atoms with Crippen molar-refractivity contribution in [3.05, 3.63) is 47.7 Å². The topological polar surface area (TPSA) is 21.6 Å². The summed E-state index contributed by atoms with van der Waals surface area (Å²) in [5.74, 6) is 1.25. The lowest BCUT2D eigenvalue weighted by molar-refractivity contribution is 0.420. The molecule has 0 saturated heterocycles. The third kappa shape index (κ3) is 2.73. The number of allylic oxidation sites excluding steroid dienone is 1. The van der Waals surface area contributed by atoms with Crippen molar-refractivity contribution in [2.24, 2.45) is 4.99 Å². The van der Waals surface area contributed by atoms with Gasteiger partial charge in [0.25, 0.3) is 0 Å². The number of rotatable bonds is 2. The van der Waals surface area contributed by atoms with Gasteiger partial charge in [0.05, 0.1) is 5.76 Å². The lowest BCUT2D eigenvalue weighted by Gasteiger charge is -2.07. The maximum absolute atomic E-state index is 5.38. The van der Waals surface area contributed by atoms with Crippen LogP contribution in [-0.4, -0.2) is 12.9 Å². The van der Waals surface area contributed by atoms with Crippen molar-refractivity contribution in [3.63, 3.8) is 0 Å². The molecule has 1 aromatic rings. The van der Waals surface area contributed by atoms with Crippen LogP contribution >= 0.6 is 0 Å². The molecule has 1 aromatic carbocycles. The summed E-state index contributed by atoms with van der Waals surface area (Å²) in [6, 6.07) is 8.03. The lowest BCUT2D eigenvalue weighted by Crippen LogP contribution is -2.04. The zero-order chi connectivity index (χ0) is 10.6. The van der Waals surface area contributed by atoms with Crippen LogP contribution in [0.2, 0.25) is 0 Å². The summed E-state index contributed by atoms with van der Waals surface area (Å²) in [7, 11) is 1.71. The molecule has 2 nitrogen and oxygen atoms in total. The van der Waals surface area contributed by atoms with Crippen molar-refractivity contribution in [3.8, 4) is 0 Å². The SMILES string of the molecule is C=C(C)OC(=NC)c1ccc(C)cc1. The first-order chi connectivity index (χ1) is 6.63. The maximum Gasteiger partial charge on any atom is 0.221 e. The number of hydrogen-bond donors (Lipinski definition) is 0. The van der Waals surface area contributed by atoms with E-state index >= 15 is 0 Å². The van der Waals surface area contributed by atoms with E-state index in [0.29, 0.717) is 11.7 Å². The second-order valence-corrected chi connectivity index (χ2v) is 3.20. The first-order valence-corrected chi connectivity index (χ1v) is 4.50. The van der Waals surface area contributed by atoms with Gasteiger partial charge in [-0.3, -0.25) is 4.99 Å². The predicted molar refractivity (Wildman–Crippen MR) is 59.5 cm³/mol. The highest BCUT2D eigenvalue weighted by Crippen LogP contribution is 2.07. The average molecular weight is 189 g/mol. The second-order valence-electron chi connectivity index (χ2n) is 3.20. The summed E-state index contributed by atoms with van der Waals surface area (Å²) < 4.78 is 5.38. The van der Waals surface area contributed by atoms with Gasteiger partial charge >= 0.3 is 0 Å². The van der Waals surface area contributed by atoms with Gasteiger partial charge in [-0.25, -0.2) is 0 Å². The zero-order valence-electron chi connectivity index (χ0n) is 8.87. The van der Waals surface area contributed by atoms with Crippen molar-refractivity contribution in [2.75, 3.05) is 7.05 Å². The van der Waals surface area contributed by atoms with E-state index in [1.807, 2.05) is 31.2 Å². The molecule has 1 rings (SSSR count). The van der Waals surface area contributed by atoms with E-state index in [1.165, 1.54) is 5.56 Å². The van der Waals surface area contributed by atoms with E-state index < -0.39 is 0 Å². The third-order valence-electron chi connectivity index (χ3n) is 1.77. The van der Waals surface area contributed by atoms with Crippen LogP contribution in [0.5, 0.6) is 0 Å². The van der Waals surface area contributed by atoms with Gasteiger partial charge in [-0.2, -0.15) is 0 Å². The molecule has 0 aromatic heterocycles. The summed E-state index contributed by atoms with van der Waals surface area (Å²) >= 11 is 0. The Morgan fingerprint density at radius 1 is 1.29 bits per heavy atom. The second kappa shape index (κ2) is 4.61. The molecule has 0 aliphatic rings. The van der Waals surface area contributed by atoms with Crippen LogP contribution in [0.4, 0.5) is 0 Å². The molecule has 0 spiro atoms. The van der Waals surface area contributed by atoms with Gasteiger partial charge in [-0.05, 0) is 26.0 Å². The fourth-order valence-electron chi connectivity index (χ4n) is 1.09. The van der Waals surface area contributed by atoms with Crippen LogP contribution in [0.25, 0.3) is 0 Å². The van der Waals surface area contributed by atoms with Crippen molar-refractivity contribution in [1.82, 2.24) is 0 Å². The Kier molecular flexibility index (Phi) is 3.46. The van der Waals surface area contributed by atoms with Crippen LogP contribution in [0.1, 0.15) is 18.1 Å². The molecule has 0 fully saturated rings. The first kappa shape index (κ1) is 10.5. The Hall–Kier alpha value is -1.57.